The number of thioether (sulfide) groups is 1. The molecule has 0 saturated carbocycles. The van der Waals surface area contributed by atoms with Crippen LogP contribution in [0.5, 0.6) is 5.75 Å². The molecule has 5 heteroatoms. The number of ketones is 1. The first-order valence-electron chi connectivity index (χ1n) is 4.33. The summed E-state index contributed by atoms with van der Waals surface area (Å²) in [5.74, 6) is 0.684. The van der Waals surface area contributed by atoms with Gasteiger partial charge in [0.25, 0.3) is 0 Å². The van der Waals surface area contributed by atoms with E-state index in [9.17, 15) is 4.79 Å². The monoisotopic (exact) mass is 266 g/mol. The van der Waals surface area contributed by atoms with Crippen LogP contribution in [0.2, 0.25) is 0 Å². The largest absolute Gasteiger partial charge is 1.00 e. The Balaban J connectivity index is 0. The van der Waals surface area contributed by atoms with Crippen LogP contribution in [0.3, 0.4) is 0 Å². The first-order valence-corrected chi connectivity index (χ1v) is 6.37. The molecular weight excluding hydrogens is 251 g/mol. The van der Waals surface area contributed by atoms with E-state index >= 15 is 0 Å². The second kappa shape index (κ2) is 10.5. The smallest absolute Gasteiger partial charge is 0.796 e. The fourth-order valence-corrected chi connectivity index (χ4v) is 1.52. The van der Waals surface area contributed by atoms with Gasteiger partial charge in [-0.05, 0) is 31.4 Å². The van der Waals surface area contributed by atoms with Gasteiger partial charge in [0, 0.05) is 4.90 Å². The minimum Gasteiger partial charge on any atom is -0.796 e. The Morgan fingerprint density at radius 3 is 2.31 bits per heavy atom. The molecule has 0 radical (unpaired) electrons. The zero-order chi connectivity index (χ0) is 11.8. The van der Waals surface area contributed by atoms with Crippen molar-refractivity contribution < 1.29 is 39.1 Å². The molecule has 1 rings (SSSR count). The third kappa shape index (κ3) is 5.64. The van der Waals surface area contributed by atoms with Gasteiger partial charge in [-0.3, -0.25) is 4.79 Å². The maximum absolute atomic E-state index is 11.1. The van der Waals surface area contributed by atoms with Gasteiger partial charge in [-0.1, -0.05) is 0 Å². The Hall–Kier alpha value is 0.390. The average Bonchev–Trinajstić information content (AvgIpc) is 2.30. The van der Waals surface area contributed by atoms with E-state index in [4.69, 9.17) is 4.74 Å². The number of Topliss-reactive ketones (excluding diaryl/α,β-unsaturated/α-hetero) is 1. The second-order valence-electron chi connectivity index (χ2n) is 2.62. The van der Waals surface area contributed by atoms with E-state index < -0.39 is 0 Å². The predicted molar refractivity (Wildman–Crippen MR) is 68.1 cm³/mol. The maximum atomic E-state index is 11.1. The molecular formula is C11H15NaO2S2. The maximum Gasteiger partial charge on any atom is 1.00 e. The van der Waals surface area contributed by atoms with E-state index in [0.29, 0.717) is 11.3 Å². The number of carbonyl (C=O) groups excluding carboxylic acids is 1. The van der Waals surface area contributed by atoms with Gasteiger partial charge in [0.1, 0.15) is 5.75 Å². The van der Waals surface area contributed by atoms with Gasteiger partial charge in [0.05, 0.1) is 12.7 Å². The number of rotatable bonds is 3. The first-order chi connectivity index (χ1) is 7.19. The van der Waals surface area contributed by atoms with Crippen LogP contribution in [-0.4, -0.2) is 25.4 Å². The molecule has 0 bridgehead atoms. The van der Waals surface area contributed by atoms with Crippen LogP contribution in [0.4, 0.5) is 0 Å². The van der Waals surface area contributed by atoms with Crippen LogP contribution in [0, 0.1) is 0 Å². The minimum atomic E-state index is 0. The molecule has 0 unspecified atom stereocenters. The van der Waals surface area contributed by atoms with Gasteiger partial charge in [-0.15, -0.1) is 11.8 Å². The molecule has 0 heterocycles. The van der Waals surface area contributed by atoms with Gasteiger partial charge in [0.15, 0.2) is 5.78 Å². The van der Waals surface area contributed by atoms with Crippen LogP contribution in [0.25, 0.3) is 0 Å². The van der Waals surface area contributed by atoms with Crippen molar-refractivity contribution in [1.29, 1.82) is 0 Å². The molecule has 0 aliphatic rings. The van der Waals surface area contributed by atoms with E-state index in [-0.39, 0.29) is 35.3 Å². The molecule has 0 aliphatic carbocycles. The van der Waals surface area contributed by atoms with Gasteiger partial charge in [-0.2, -0.15) is 6.26 Å². The normalized spacial score (nSPS) is 8.31. The SMILES string of the molecule is COc1cc(SC)ccc1C(C)=O.C[S-].[Na+]. The summed E-state index contributed by atoms with van der Waals surface area (Å²) in [6.07, 6.45) is 3.57. The van der Waals surface area contributed by atoms with Crippen LogP contribution in [-0.2, 0) is 12.6 Å². The predicted octanol–water partition coefficient (Wildman–Crippen LogP) is -0.213. The van der Waals surface area contributed by atoms with Crippen molar-refractivity contribution >= 4 is 30.2 Å². The number of carbonyl (C=O) groups is 1. The molecule has 0 N–H and O–H groups in total. The summed E-state index contributed by atoms with van der Waals surface area (Å²) in [7, 11) is 1.58. The Morgan fingerprint density at radius 2 is 1.94 bits per heavy atom. The van der Waals surface area contributed by atoms with Crippen LogP contribution in [0.1, 0.15) is 17.3 Å². The van der Waals surface area contributed by atoms with Gasteiger partial charge < -0.3 is 17.4 Å². The van der Waals surface area contributed by atoms with Crippen molar-refractivity contribution in [2.45, 2.75) is 11.8 Å². The molecule has 1 aromatic carbocycles. The summed E-state index contributed by atoms with van der Waals surface area (Å²) in [6, 6.07) is 5.60. The molecule has 0 aliphatic heterocycles. The summed E-state index contributed by atoms with van der Waals surface area (Å²) < 4.78 is 5.11. The molecule has 0 atom stereocenters. The summed E-state index contributed by atoms with van der Waals surface area (Å²) in [5.41, 5.74) is 0.639. The van der Waals surface area contributed by atoms with Crippen molar-refractivity contribution in [2.75, 3.05) is 19.6 Å². The van der Waals surface area contributed by atoms with Gasteiger partial charge >= 0.3 is 29.6 Å². The van der Waals surface area contributed by atoms with Crippen molar-refractivity contribution in [3.63, 3.8) is 0 Å². The topological polar surface area (TPSA) is 26.3 Å². The summed E-state index contributed by atoms with van der Waals surface area (Å²) in [4.78, 5) is 12.2. The quantitative estimate of drug-likeness (QED) is 0.327. The number of hydrogen-bond donors (Lipinski definition) is 0. The molecule has 0 fully saturated rings. The zero-order valence-corrected chi connectivity index (χ0v) is 14.0. The van der Waals surface area contributed by atoms with Crippen molar-refractivity contribution in [2.24, 2.45) is 0 Å². The number of benzene rings is 1. The summed E-state index contributed by atoms with van der Waals surface area (Å²) in [5, 5.41) is 0. The average molecular weight is 266 g/mol. The Bertz CT molecular complexity index is 330. The standard InChI is InChI=1S/C10H12O2S.CH4S.Na/c1-7(11)9-5-4-8(13-3)6-10(9)12-2;1-2;/h4-6H,1-3H3;2H,1H3;/q;;+1/p-1. The summed E-state index contributed by atoms with van der Waals surface area (Å²) >= 11 is 5.71. The number of hydrogen-bond acceptors (Lipinski definition) is 4. The van der Waals surface area contributed by atoms with Crippen molar-refractivity contribution in [3.05, 3.63) is 23.8 Å². The van der Waals surface area contributed by atoms with Crippen LogP contribution in [0.15, 0.2) is 23.1 Å². The number of methoxy groups -OCH3 is 1. The number of ether oxygens (including phenoxy) is 1. The molecule has 1 aromatic rings. The Kier molecular flexibility index (Phi) is 12.3. The summed E-state index contributed by atoms with van der Waals surface area (Å²) in [6.45, 7) is 1.54. The first kappa shape index (κ1) is 18.7. The Labute approximate surface area is 129 Å². The van der Waals surface area contributed by atoms with Gasteiger partial charge in [-0.25, -0.2) is 0 Å². The molecule has 2 nitrogen and oxygen atoms in total. The van der Waals surface area contributed by atoms with E-state index in [2.05, 4.69) is 12.6 Å². The molecule has 84 valence electrons. The van der Waals surface area contributed by atoms with Crippen molar-refractivity contribution in [1.82, 2.24) is 0 Å². The fourth-order valence-electron chi connectivity index (χ4n) is 1.09. The molecule has 0 saturated heterocycles. The van der Waals surface area contributed by atoms with E-state index in [1.54, 1.807) is 31.2 Å². The zero-order valence-electron chi connectivity index (χ0n) is 10.4. The van der Waals surface area contributed by atoms with Gasteiger partial charge in [0.2, 0.25) is 0 Å². The van der Waals surface area contributed by atoms with E-state index in [1.807, 2.05) is 18.4 Å². The van der Waals surface area contributed by atoms with Crippen LogP contribution >= 0.6 is 11.8 Å². The van der Waals surface area contributed by atoms with E-state index in [0.717, 1.165) is 4.90 Å². The fraction of sp³-hybridized carbons (Fsp3) is 0.364. The molecule has 16 heavy (non-hydrogen) atoms. The van der Waals surface area contributed by atoms with Crippen LogP contribution < -0.4 is 34.3 Å². The second-order valence-corrected chi connectivity index (χ2v) is 3.50. The van der Waals surface area contributed by atoms with Crippen molar-refractivity contribution in [3.8, 4) is 5.75 Å². The molecule has 0 spiro atoms. The molecule has 0 amide bonds. The third-order valence-electron chi connectivity index (χ3n) is 1.79. The Morgan fingerprint density at radius 1 is 1.38 bits per heavy atom. The van der Waals surface area contributed by atoms with E-state index in [1.165, 1.54) is 6.92 Å². The minimum absolute atomic E-state index is 0. The third-order valence-corrected chi connectivity index (χ3v) is 2.51. The molecule has 0 aromatic heterocycles.